The summed E-state index contributed by atoms with van der Waals surface area (Å²) in [5.41, 5.74) is 0.867. The molecule has 0 unspecified atom stereocenters. The van der Waals surface area contributed by atoms with Crippen LogP contribution in [0.1, 0.15) is 5.56 Å². The largest absolute Gasteiger partial charge is 1.00 e. The van der Waals surface area contributed by atoms with Gasteiger partial charge in [0.25, 0.3) is 0 Å². The van der Waals surface area contributed by atoms with E-state index in [9.17, 15) is 17.7 Å². The van der Waals surface area contributed by atoms with Gasteiger partial charge in [-0.3, -0.25) is 4.79 Å². The number of anilines is 1. The summed E-state index contributed by atoms with van der Waals surface area (Å²) in [6.45, 7) is -5.03. The number of carbonyl (C=O) groups is 1. The van der Waals surface area contributed by atoms with Gasteiger partial charge in [0.1, 0.15) is 0 Å². The number of hydrogen-bond donors (Lipinski definition) is 0. The van der Waals surface area contributed by atoms with Crippen molar-refractivity contribution in [1.82, 2.24) is 0 Å². The summed E-state index contributed by atoms with van der Waals surface area (Å²) in [5, 5.41) is 0.327. The maximum absolute atomic E-state index is 12.3. The first-order valence-electron chi connectivity index (χ1n) is 4.66. The van der Waals surface area contributed by atoms with Crippen LogP contribution in [0.15, 0.2) is 18.2 Å². The first-order chi connectivity index (χ1) is 7.37. The summed E-state index contributed by atoms with van der Waals surface area (Å²) in [5.74, 6) is -0.531. The minimum Gasteiger partial charge on any atom is -0.448 e. The van der Waals surface area contributed by atoms with Gasteiger partial charge < -0.3 is 17.8 Å². The van der Waals surface area contributed by atoms with Crippen LogP contribution in [-0.4, -0.2) is 19.3 Å². The molecule has 1 aliphatic heterocycles. The van der Waals surface area contributed by atoms with Crippen LogP contribution >= 0.6 is 11.6 Å². The molecule has 1 amide bonds. The van der Waals surface area contributed by atoms with Gasteiger partial charge in [-0.1, -0.05) is 17.7 Å². The van der Waals surface area contributed by atoms with Crippen molar-refractivity contribution in [3.63, 3.8) is 0 Å². The summed E-state index contributed by atoms with van der Waals surface area (Å²) < 4.78 is 36.9. The van der Waals surface area contributed by atoms with Crippen molar-refractivity contribution in [3.8, 4) is 0 Å². The van der Waals surface area contributed by atoms with E-state index < -0.39 is 19.3 Å². The monoisotopic (exact) mass is 287 g/mol. The predicted molar refractivity (Wildman–Crippen MR) is 56.6 cm³/mol. The maximum atomic E-state index is 12.3. The SMILES string of the molecule is O=C1Cc2ccc(Cl)cc2N1C[B-](F)(F)F.[K+]. The van der Waals surface area contributed by atoms with E-state index >= 15 is 0 Å². The quantitative estimate of drug-likeness (QED) is 0.679. The van der Waals surface area contributed by atoms with Gasteiger partial charge in [-0.15, -0.1) is 0 Å². The van der Waals surface area contributed by atoms with Crippen LogP contribution in [-0.2, 0) is 11.2 Å². The second-order valence-electron chi connectivity index (χ2n) is 3.66. The Balaban J connectivity index is 0.00000144. The van der Waals surface area contributed by atoms with Crippen LogP contribution in [0, 0.1) is 0 Å². The third-order valence-corrected chi connectivity index (χ3v) is 2.61. The molecule has 0 bridgehead atoms. The zero-order valence-electron chi connectivity index (χ0n) is 9.09. The van der Waals surface area contributed by atoms with Gasteiger partial charge in [-0.25, -0.2) is 0 Å². The fraction of sp³-hybridized carbons (Fsp3) is 0.222. The second-order valence-corrected chi connectivity index (χ2v) is 4.10. The van der Waals surface area contributed by atoms with E-state index in [2.05, 4.69) is 0 Å². The predicted octanol–water partition coefficient (Wildman–Crippen LogP) is -0.380. The maximum Gasteiger partial charge on any atom is 1.00 e. The van der Waals surface area contributed by atoms with Crippen molar-refractivity contribution in [2.45, 2.75) is 6.42 Å². The molecule has 8 heteroatoms. The molecule has 0 radical (unpaired) electrons. The Bertz CT molecular complexity index is 454. The van der Waals surface area contributed by atoms with Gasteiger partial charge in [0.05, 0.1) is 6.42 Å². The van der Waals surface area contributed by atoms with Gasteiger partial charge >= 0.3 is 58.4 Å². The molecule has 1 aromatic rings. The molecular weight excluding hydrogens is 280 g/mol. The van der Waals surface area contributed by atoms with Crippen molar-refractivity contribution in [2.24, 2.45) is 0 Å². The van der Waals surface area contributed by atoms with Gasteiger partial charge in [0.2, 0.25) is 5.91 Å². The molecule has 0 atom stereocenters. The Morgan fingerprint density at radius 2 is 2.00 bits per heavy atom. The molecule has 1 aromatic carbocycles. The summed E-state index contributed by atoms with van der Waals surface area (Å²) in [7, 11) is 0. The molecule has 0 aromatic heterocycles. The Labute approximate surface area is 144 Å². The second kappa shape index (κ2) is 5.63. The smallest absolute Gasteiger partial charge is 0.448 e. The molecule has 1 heterocycles. The third kappa shape index (κ3) is 3.72. The Morgan fingerprint density at radius 1 is 1.35 bits per heavy atom. The molecule has 2 rings (SSSR count). The van der Waals surface area contributed by atoms with Crippen LogP contribution in [0.3, 0.4) is 0 Å². The van der Waals surface area contributed by atoms with Crippen LogP contribution in [0.4, 0.5) is 18.6 Å². The summed E-state index contributed by atoms with van der Waals surface area (Å²) in [6.07, 6.45) is -1.19. The zero-order chi connectivity index (χ0) is 11.9. The summed E-state index contributed by atoms with van der Waals surface area (Å²) in [4.78, 5) is 12.2. The minimum atomic E-state index is -5.03. The van der Waals surface area contributed by atoms with E-state index in [1.165, 1.54) is 6.07 Å². The Kier molecular flexibility index (Phi) is 5.14. The van der Waals surface area contributed by atoms with Gasteiger partial charge in [-0.05, 0) is 24.1 Å². The average molecular weight is 288 g/mol. The first-order valence-corrected chi connectivity index (χ1v) is 5.04. The normalized spacial score (nSPS) is 14.6. The van der Waals surface area contributed by atoms with Crippen molar-refractivity contribution in [1.29, 1.82) is 0 Å². The number of fused-ring (bicyclic) bond motifs is 1. The van der Waals surface area contributed by atoms with E-state index in [1.807, 2.05) is 0 Å². The number of amides is 1. The molecule has 0 fully saturated rings. The van der Waals surface area contributed by atoms with Crippen LogP contribution in [0.2, 0.25) is 5.02 Å². The molecule has 0 spiro atoms. The van der Waals surface area contributed by atoms with Crippen LogP contribution in [0.25, 0.3) is 0 Å². The molecule has 0 saturated heterocycles. The zero-order valence-corrected chi connectivity index (χ0v) is 13.0. The number of carbonyl (C=O) groups excluding carboxylic acids is 1. The molecule has 17 heavy (non-hydrogen) atoms. The fourth-order valence-electron chi connectivity index (χ4n) is 1.74. The van der Waals surface area contributed by atoms with Crippen molar-refractivity contribution in [3.05, 3.63) is 28.8 Å². The third-order valence-electron chi connectivity index (χ3n) is 2.37. The van der Waals surface area contributed by atoms with Crippen LogP contribution < -0.4 is 56.3 Å². The number of nitrogens with zero attached hydrogens (tertiary/aromatic N) is 1. The molecule has 1 aliphatic rings. The minimum absolute atomic E-state index is 0. The molecule has 0 aliphatic carbocycles. The van der Waals surface area contributed by atoms with E-state index in [4.69, 9.17) is 11.6 Å². The average Bonchev–Trinajstić information content (AvgIpc) is 2.42. The fourth-order valence-corrected chi connectivity index (χ4v) is 1.90. The van der Waals surface area contributed by atoms with Crippen molar-refractivity contribution >= 4 is 30.2 Å². The summed E-state index contributed by atoms with van der Waals surface area (Å²) >= 11 is 5.69. The van der Waals surface area contributed by atoms with E-state index in [0.717, 1.165) is 4.90 Å². The summed E-state index contributed by atoms with van der Waals surface area (Å²) in [6, 6.07) is 4.54. The molecule has 0 saturated carbocycles. The van der Waals surface area contributed by atoms with E-state index in [1.54, 1.807) is 12.1 Å². The van der Waals surface area contributed by atoms with E-state index in [0.29, 0.717) is 10.6 Å². The van der Waals surface area contributed by atoms with Crippen LogP contribution in [0.5, 0.6) is 0 Å². The number of benzene rings is 1. The van der Waals surface area contributed by atoms with Crippen molar-refractivity contribution < 1.29 is 69.1 Å². The van der Waals surface area contributed by atoms with E-state index in [-0.39, 0.29) is 63.5 Å². The standard InChI is InChI=1S/C9H7BClF3NO.K/c11-7-2-1-6-3-9(16)15(8(6)4-7)5-10(12,13)14;/h1-2,4H,3,5H2;/q-1;+1. The topological polar surface area (TPSA) is 20.3 Å². The molecule has 86 valence electrons. The van der Waals surface area contributed by atoms with Gasteiger partial charge in [0, 0.05) is 10.7 Å². The Hall–Kier alpha value is 0.471. The molecular formula is C9H7BClF3KNO. The molecule has 0 N–H and O–H groups in total. The van der Waals surface area contributed by atoms with Gasteiger partial charge in [-0.2, -0.15) is 0 Å². The van der Waals surface area contributed by atoms with Gasteiger partial charge in [0.15, 0.2) is 0 Å². The number of hydrogen-bond acceptors (Lipinski definition) is 1. The molecule has 2 nitrogen and oxygen atoms in total. The first kappa shape index (κ1) is 15.5. The number of rotatable bonds is 2. The number of halogens is 4. The Morgan fingerprint density at radius 3 is 2.59 bits per heavy atom. The van der Waals surface area contributed by atoms with Crippen molar-refractivity contribution in [2.75, 3.05) is 11.3 Å².